The Morgan fingerprint density at radius 2 is 2.12 bits per heavy atom. The molecular formula is C12H10ClF2NO. The highest BCUT2D eigenvalue weighted by atomic mass is 35.5. The lowest BCUT2D eigenvalue weighted by Crippen LogP contribution is -2.01. The molecular weight excluding hydrogens is 248 g/mol. The molecule has 0 spiro atoms. The number of hydrogen-bond donors (Lipinski definition) is 0. The van der Waals surface area contributed by atoms with Crippen molar-refractivity contribution in [1.82, 2.24) is 4.98 Å². The van der Waals surface area contributed by atoms with Gasteiger partial charge in [-0.25, -0.2) is 0 Å². The van der Waals surface area contributed by atoms with Gasteiger partial charge < -0.3 is 4.74 Å². The van der Waals surface area contributed by atoms with Crippen molar-refractivity contribution in [2.24, 2.45) is 0 Å². The molecule has 17 heavy (non-hydrogen) atoms. The van der Waals surface area contributed by atoms with E-state index >= 15 is 0 Å². The van der Waals surface area contributed by atoms with Gasteiger partial charge in [0.15, 0.2) is 0 Å². The first-order valence-electron chi connectivity index (χ1n) is 5.14. The Labute approximate surface area is 102 Å². The fourth-order valence-corrected chi connectivity index (χ4v) is 1.85. The van der Waals surface area contributed by atoms with E-state index in [0.29, 0.717) is 15.9 Å². The van der Waals surface area contributed by atoms with E-state index in [2.05, 4.69) is 9.72 Å². The number of halogens is 3. The molecule has 0 atom stereocenters. The van der Waals surface area contributed by atoms with Gasteiger partial charge in [0.25, 0.3) is 0 Å². The summed E-state index contributed by atoms with van der Waals surface area (Å²) in [4.78, 5) is 4.35. The van der Waals surface area contributed by atoms with Crippen LogP contribution in [-0.2, 0) is 6.42 Å². The SMILES string of the molecule is CCc1cc(Cl)c2cc(OC(F)F)ccc2n1. The van der Waals surface area contributed by atoms with Crippen LogP contribution < -0.4 is 4.74 Å². The van der Waals surface area contributed by atoms with Gasteiger partial charge in [0.05, 0.1) is 10.5 Å². The van der Waals surface area contributed by atoms with E-state index in [4.69, 9.17) is 11.6 Å². The van der Waals surface area contributed by atoms with Crippen molar-refractivity contribution in [2.75, 3.05) is 0 Å². The van der Waals surface area contributed by atoms with E-state index in [-0.39, 0.29) is 5.75 Å². The largest absolute Gasteiger partial charge is 0.435 e. The molecule has 0 radical (unpaired) electrons. The molecule has 0 N–H and O–H groups in total. The van der Waals surface area contributed by atoms with E-state index in [1.54, 1.807) is 12.1 Å². The molecule has 2 aromatic rings. The number of aromatic nitrogens is 1. The number of nitrogens with zero attached hydrogens (tertiary/aromatic N) is 1. The first-order valence-corrected chi connectivity index (χ1v) is 5.52. The summed E-state index contributed by atoms with van der Waals surface area (Å²) >= 11 is 6.07. The average Bonchev–Trinajstić information content (AvgIpc) is 2.29. The number of benzene rings is 1. The predicted molar refractivity (Wildman–Crippen MR) is 62.8 cm³/mol. The third kappa shape index (κ3) is 2.64. The Balaban J connectivity index is 2.50. The average molecular weight is 258 g/mol. The molecule has 1 aromatic carbocycles. The molecule has 2 rings (SSSR count). The van der Waals surface area contributed by atoms with Crippen molar-refractivity contribution < 1.29 is 13.5 Å². The Bertz CT molecular complexity index is 545. The topological polar surface area (TPSA) is 22.1 Å². The molecule has 0 bridgehead atoms. The molecule has 0 amide bonds. The second kappa shape index (κ2) is 4.84. The van der Waals surface area contributed by atoms with Crippen LogP contribution in [0, 0.1) is 0 Å². The van der Waals surface area contributed by atoms with E-state index in [9.17, 15) is 8.78 Å². The zero-order valence-electron chi connectivity index (χ0n) is 9.08. The van der Waals surface area contributed by atoms with Crippen LogP contribution in [0.4, 0.5) is 8.78 Å². The highest BCUT2D eigenvalue weighted by Crippen LogP contribution is 2.27. The second-order valence-corrected chi connectivity index (χ2v) is 3.91. The lowest BCUT2D eigenvalue weighted by molar-refractivity contribution is -0.0497. The zero-order chi connectivity index (χ0) is 12.4. The second-order valence-electron chi connectivity index (χ2n) is 3.51. The van der Waals surface area contributed by atoms with E-state index in [1.807, 2.05) is 6.92 Å². The summed E-state index contributed by atoms with van der Waals surface area (Å²) in [5.74, 6) is 0.0837. The minimum absolute atomic E-state index is 0.0837. The number of alkyl halides is 2. The van der Waals surface area contributed by atoms with Gasteiger partial charge >= 0.3 is 6.61 Å². The summed E-state index contributed by atoms with van der Waals surface area (Å²) in [6, 6.07) is 6.28. The first-order chi connectivity index (χ1) is 8.10. The molecule has 2 nitrogen and oxygen atoms in total. The summed E-state index contributed by atoms with van der Waals surface area (Å²) in [6.07, 6.45) is 0.769. The van der Waals surface area contributed by atoms with Crippen molar-refractivity contribution in [3.05, 3.63) is 35.0 Å². The van der Waals surface area contributed by atoms with Gasteiger partial charge in [-0.15, -0.1) is 0 Å². The molecule has 1 heterocycles. The Kier molecular flexibility index (Phi) is 3.43. The van der Waals surface area contributed by atoms with E-state index in [1.165, 1.54) is 12.1 Å². The molecule has 0 fully saturated rings. The minimum atomic E-state index is -2.84. The fourth-order valence-electron chi connectivity index (χ4n) is 1.57. The number of pyridine rings is 1. The standard InChI is InChI=1S/C12H10ClF2NO/c1-2-7-5-10(13)9-6-8(17-12(14)15)3-4-11(9)16-7/h3-6,12H,2H2,1H3. The van der Waals surface area contributed by atoms with Crippen LogP contribution in [0.15, 0.2) is 24.3 Å². The Hall–Kier alpha value is -1.42. The lowest BCUT2D eigenvalue weighted by Gasteiger charge is -2.07. The molecule has 0 saturated heterocycles. The number of fused-ring (bicyclic) bond motifs is 1. The van der Waals surface area contributed by atoms with Gasteiger partial charge in [-0.05, 0) is 30.7 Å². The highest BCUT2D eigenvalue weighted by Gasteiger charge is 2.08. The fraction of sp³-hybridized carbons (Fsp3) is 0.250. The Morgan fingerprint density at radius 3 is 2.76 bits per heavy atom. The number of rotatable bonds is 3. The summed E-state index contributed by atoms with van der Waals surface area (Å²) in [7, 11) is 0. The number of ether oxygens (including phenoxy) is 1. The number of hydrogen-bond acceptors (Lipinski definition) is 2. The molecule has 0 aliphatic heterocycles. The van der Waals surface area contributed by atoms with Gasteiger partial charge in [-0.2, -0.15) is 8.78 Å². The molecule has 5 heteroatoms. The van der Waals surface area contributed by atoms with Crippen molar-refractivity contribution in [3.63, 3.8) is 0 Å². The molecule has 0 unspecified atom stereocenters. The predicted octanol–water partition coefficient (Wildman–Crippen LogP) is 4.05. The Morgan fingerprint density at radius 1 is 1.35 bits per heavy atom. The summed E-state index contributed by atoms with van der Waals surface area (Å²) in [5.41, 5.74) is 1.54. The van der Waals surface area contributed by atoms with Gasteiger partial charge in [-0.3, -0.25) is 4.98 Å². The van der Waals surface area contributed by atoms with Crippen LogP contribution in [-0.4, -0.2) is 11.6 Å². The molecule has 0 aliphatic carbocycles. The molecule has 1 aromatic heterocycles. The minimum Gasteiger partial charge on any atom is -0.435 e. The van der Waals surface area contributed by atoms with Crippen LogP contribution in [0.5, 0.6) is 5.75 Å². The van der Waals surface area contributed by atoms with Crippen LogP contribution in [0.25, 0.3) is 10.9 Å². The third-order valence-electron chi connectivity index (χ3n) is 2.37. The monoisotopic (exact) mass is 257 g/mol. The molecule has 0 saturated carbocycles. The van der Waals surface area contributed by atoms with Crippen molar-refractivity contribution >= 4 is 22.5 Å². The summed E-state index contributed by atoms with van der Waals surface area (Å²) in [5, 5.41) is 1.11. The maximum absolute atomic E-state index is 12.1. The quantitative estimate of drug-likeness (QED) is 0.827. The van der Waals surface area contributed by atoms with Crippen molar-refractivity contribution in [2.45, 2.75) is 20.0 Å². The van der Waals surface area contributed by atoms with E-state index < -0.39 is 6.61 Å². The molecule has 90 valence electrons. The van der Waals surface area contributed by atoms with Crippen LogP contribution in [0.3, 0.4) is 0 Å². The van der Waals surface area contributed by atoms with E-state index in [0.717, 1.165) is 12.1 Å². The summed E-state index contributed by atoms with van der Waals surface area (Å²) < 4.78 is 28.5. The van der Waals surface area contributed by atoms with Gasteiger partial charge in [0.2, 0.25) is 0 Å². The number of aryl methyl sites for hydroxylation is 1. The van der Waals surface area contributed by atoms with Gasteiger partial charge in [0, 0.05) is 11.1 Å². The maximum atomic E-state index is 12.1. The van der Waals surface area contributed by atoms with Crippen LogP contribution in [0.2, 0.25) is 5.02 Å². The maximum Gasteiger partial charge on any atom is 0.387 e. The van der Waals surface area contributed by atoms with Crippen molar-refractivity contribution in [1.29, 1.82) is 0 Å². The molecule has 0 aliphatic rings. The normalized spacial score (nSPS) is 11.1. The van der Waals surface area contributed by atoms with Gasteiger partial charge in [0.1, 0.15) is 5.75 Å². The highest BCUT2D eigenvalue weighted by molar-refractivity contribution is 6.35. The summed E-state index contributed by atoms with van der Waals surface area (Å²) in [6.45, 7) is -0.868. The van der Waals surface area contributed by atoms with Crippen LogP contribution in [0.1, 0.15) is 12.6 Å². The third-order valence-corrected chi connectivity index (χ3v) is 2.68. The lowest BCUT2D eigenvalue weighted by atomic mass is 10.2. The van der Waals surface area contributed by atoms with Gasteiger partial charge in [-0.1, -0.05) is 18.5 Å². The van der Waals surface area contributed by atoms with Crippen molar-refractivity contribution in [3.8, 4) is 5.75 Å². The zero-order valence-corrected chi connectivity index (χ0v) is 9.84. The first kappa shape index (κ1) is 12.0. The van der Waals surface area contributed by atoms with Crippen LogP contribution >= 0.6 is 11.6 Å². The smallest absolute Gasteiger partial charge is 0.387 e.